The number of H-pyrrole nitrogens is 1. The van der Waals surface area contributed by atoms with Crippen molar-refractivity contribution in [1.82, 2.24) is 4.98 Å². The normalized spacial score (nSPS) is 36.3. The Hall–Kier alpha value is -1.39. The highest BCUT2D eigenvalue weighted by molar-refractivity contribution is 7.83. The quantitative estimate of drug-likeness (QED) is 0.466. The molecule has 1 aromatic heterocycles. The fraction of sp³-hybridized carbons (Fsp3) is 0.667. The molecule has 0 saturated heterocycles. The summed E-state index contributed by atoms with van der Waals surface area (Å²) < 4.78 is 9.56. The van der Waals surface area contributed by atoms with Gasteiger partial charge in [0.2, 0.25) is 0 Å². The summed E-state index contributed by atoms with van der Waals surface area (Å²) in [6.07, 6.45) is 13.5. The van der Waals surface area contributed by atoms with Crippen LogP contribution in [0.3, 0.4) is 0 Å². The van der Waals surface area contributed by atoms with Crippen molar-refractivity contribution in [3.63, 3.8) is 0 Å². The van der Waals surface area contributed by atoms with Gasteiger partial charge in [0.15, 0.2) is 0 Å². The number of nitrogens with one attached hydrogen (secondary N) is 1. The van der Waals surface area contributed by atoms with Gasteiger partial charge in [-0.2, -0.15) is 0 Å². The van der Waals surface area contributed by atoms with Crippen molar-refractivity contribution in [2.24, 2.45) is 22.7 Å². The minimum Gasteiger partial charge on any atom is -0.393 e. The average Bonchev–Trinajstić information content (AvgIpc) is 3.26. The van der Waals surface area contributed by atoms with Gasteiger partial charge in [0, 0.05) is 45.3 Å². The summed E-state index contributed by atoms with van der Waals surface area (Å²) in [5, 5.41) is 12.7. The van der Waals surface area contributed by atoms with Gasteiger partial charge < -0.3 is 10.1 Å². The first-order valence-corrected chi connectivity index (χ1v) is 15.1. The molecular formula is C30H45NO2S. The number of para-hydroxylation sites is 1. The molecule has 2 aromatic rings. The minimum atomic E-state index is -0.611. The molecule has 0 radical (unpaired) electrons. The maximum atomic E-state index is 11.3. The van der Waals surface area contributed by atoms with Gasteiger partial charge in [0.05, 0.1) is 6.10 Å². The van der Waals surface area contributed by atoms with Crippen LogP contribution >= 0.6 is 0 Å². The van der Waals surface area contributed by atoms with Gasteiger partial charge in [-0.25, -0.2) is 0 Å². The van der Waals surface area contributed by atoms with Crippen LogP contribution in [0.2, 0.25) is 0 Å². The third-order valence-electron chi connectivity index (χ3n) is 10.1. The zero-order valence-electron chi connectivity index (χ0n) is 22.3. The number of aromatic nitrogens is 1. The van der Waals surface area contributed by atoms with Crippen LogP contribution in [0.4, 0.5) is 0 Å². The van der Waals surface area contributed by atoms with E-state index in [1.807, 2.05) is 0 Å². The summed E-state index contributed by atoms with van der Waals surface area (Å²) in [6.45, 7) is 11.9. The van der Waals surface area contributed by atoms with Crippen molar-refractivity contribution in [3.8, 4) is 0 Å². The van der Waals surface area contributed by atoms with Crippen LogP contribution in [0, 0.1) is 22.7 Å². The predicted molar refractivity (Wildman–Crippen MR) is 146 cm³/mol. The number of fused-ring (bicyclic) bond motifs is 7. The third-order valence-corrected chi connectivity index (χ3v) is 10.1. The lowest BCUT2D eigenvalue weighted by molar-refractivity contribution is -0.166. The molecule has 0 bridgehead atoms. The molecular weight excluding hydrogens is 438 g/mol. The third kappa shape index (κ3) is 3.93. The number of aliphatic hydroxyl groups excluding tert-OH is 1. The Bertz CT molecular complexity index is 1090. The Morgan fingerprint density at radius 3 is 2.50 bits per heavy atom. The second kappa shape index (κ2) is 9.24. The molecule has 5 rings (SSSR count). The molecule has 0 amide bonds. The van der Waals surface area contributed by atoms with E-state index in [1.165, 1.54) is 41.4 Å². The molecule has 0 aliphatic heterocycles. The van der Waals surface area contributed by atoms with Crippen molar-refractivity contribution in [3.05, 3.63) is 47.2 Å². The Kier molecular flexibility index (Phi) is 6.98. The van der Waals surface area contributed by atoms with Crippen LogP contribution in [-0.4, -0.2) is 32.9 Å². The van der Waals surface area contributed by atoms with Crippen LogP contribution in [0.15, 0.2) is 35.9 Å². The van der Waals surface area contributed by atoms with Gasteiger partial charge in [-0.05, 0) is 93.1 Å². The summed E-state index contributed by atoms with van der Waals surface area (Å²) in [7, 11) is -0.611. The Morgan fingerprint density at radius 1 is 1.15 bits per heavy atom. The fourth-order valence-electron chi connectivity index (χ4n) is 8.20. The molecule has 0 spiro atoms. The van der Waals surface area contributed by atoms with Crippen LogP contribution in [-0.2, 0) is 22.6 Å². The highest BCUT2D eigenvalue weighted by Gasteiger charge is 2.66. The van der Waals surface area contributed by atoms with Crippen LogP contribution < -0.4 is 0 Å². The predicted octanol–water partition coefficient (Wildman–Crippen LogP) is 6.92. The fourth-order valence-corrected chi connectivity index (χ4v) is 8.20. The first-order chi connectivity index (χ1) is 15.9. The molecule has 4 heteroatoms. The molecule has 1 aromatic carbocycles. The van der Waals surface area contributed by atoms with Gasteiger partial charge in [-0.15, -0.1) is 0 Å². The second-order valence-electron chi connectivity index (χ2n) is 12.3. The van der Waals surface area contributed by atoms with E-state index in [2.05, 4.69) is 69.9 Å². The second-order valence-corrected chi connectivity index (χ2v) is 13.8. The first-order valence-electron chi connectivity index (χ1n) is 13.1. The summed E-state index contributed by atoms with van der Waals surface area (Å²) in [5.41, 5.74) is 6.18. The van der Waals surface area contributed by atoms with Gasteiger partial charge in [0.1, 0.15) is 0 Å². The zero-order chi connectivity index (χ0) is 24.9. The molecule has 34 heavy (non-hydrogen) atoms. The van der Waals surface area contributed by atoms with E-state index < -0.39 is 10.8 Å². The number of aromatic amines is 1. The highest BCUT2D eigenvalue weighted by Crippen LogP contribution is 2.70. The van der Waals surface area contributed by atoms with Crippen molar-refractivity contribution in [1.29, 1.82) is 0 Å². The molecule has 1 heterocycles. The summed E-state index contributed by atoms with van der Waals surface area (Å²) in [4.78, 5) is 3.90. The van der Waals surface area contributed by atoms with Gasteiger partial charge in [-0.3, -0.25) is 4.21 Å². The Balaban J connectivity index is 0.000000636. The average molecular weight is 484 g/mol. The summed E-state index contributed by atoms with van der Waals surface area (Å²) in [5.74, 6) is 1.29. The maximum Gasteiger partial charge on any atom is 0.0597 e. The number of benzene rings is 1. The van der Waals surface area contributed by atoms with E-state index in [-0.39, 0.29) is 22.3 Å². The minimum absolute atomic E-state index is 0.00169. The van der Waals surface area contributed by atoms with Gasteiger partial charge in [-0.1, -0.05) is 50.6 Å². The highest BCUT2D eigenvalue weighted by atomic mass is 32.2. The van der Waals surface area contributed by atoms with E-state index in [0.29, 0.717) is 5.92 Å². The lowest BCUT2D eigenvalue weighted by Gasteiger charge is -2.65. The van der Waals surface area contributed by atoms with Crippen LogP contribution in [0.1, 0.15) is 84.4 Å². The SMILES string of the molecule is CC(C)=CCC[C@]1(C)[C@@H](O)CC[C@@]2(C)[C@H]1CC[C@H]1Cc3c([nH]c4ccccc34)[C@@]12C.CS(C)=O. The monoisotopic (exact) mass is 483 g/mol. The molecule has 3 nitrogen and oxygen atoms in total. The van der Waals surface area contributed by atoms with Crippen LogP contribution in [0.25, 0.3) is 10.9 Å². The number of rotatable bonds is 3. The van der Waals surface area contributed by atoms with E-state index in [0.717, 1.165) is 31.6 Å². The zero-order valence-corrected chi connectivity index (χ0v) is 23.1. The van der Waals surface area contributed by atoms with Gasteiger partial charge >= 0.3 is 0 Å². The number of hydrogen-bond acceptors (Lipinski definition) is 2. The molecule has 0 unspecified atom stereocenters. The molecule has 2 saturated carbocycles. The largest absolute Gasteiger partial charge is 0.393 e. The van der Waals surface area contributed by atoms with Crippen molar-refractivity contribution >= 4 is 21.7 Å². The first kappa shape index (κ1) is 25.7. The topological polar surface area (TPSA) is 53.1 Å². The molecule has 2 fully saturated rings. The molecule has 188 valence electrons. The lowest BCUT2D eigenvalue weighted by atomic mass is 9.40. The van der Waals surface area contributed by atoms with Gasteiger partial charge in [0.25, 0.3) is 0 Å². The summed E-state index contributed by atoms with van der Waals surface area (Å²) >= 11 is 0. The maximum absolute atomic E-state index is 11.3. The molecule has 6 atom stereocenters. The number of hydrogen-bond donors (Lipinski definition) is 2. The molecule has 3 aliphatic rings. The lowest BCUT2D eigenvalue weighted by Crippen LogP contribution is -2.62. The van der Waals surface area contributed by atoms with Crippen molar-refractivity contribution in [2.45, 2.75) is 91.1 Å². The van der Waals surface area contributed by atoms with Crippen molar-refractivity contribution in [2.75, 3.05) is 12.5 Å². The Labute approximate surface area is 209 Å². The standard InChI is InChI=1S/C28H39NO.C2H6OS/c1-18(2)9-8-15-26(3)23-13-12-19-17-21-20-10-6-7-11-22(20)29-25(21)28(19,5)27(23,4)16-14-24(26)30;1-4(2)3/h6-7,9-11,19,23-24,29-30H,8,12-17H2,1-5H3;1-2H3/t19-,23-,24-,26-,27-,28+;/m0./s1. The van der Waals surface area contributed by atoms with Crippen molar-refractivity contribution < 1.29 is 9.32 Å². The van der Waals surface area contributed by atoms with Crippen LogP contribution in [0.5, 0.6) is 0 Å². The number of aliphatic hydroxyl groups is 1. The summed E-state index contributed by atoms with van der Waals surface area (Å²) in [6, 6.07) is 8.88. The smallest absolute Gasteiger partial charge is 0.0597 e. The van der Waals surface area contributed by atoms with E-state index in [1.54, 1.807) is 18.1 Å². The Morgan fingerprint density at radius 2 is 1.82 bits per heavy atom. The van der Waals surface area contributed by atoms with E-state index in [4.69, 9.17) is 0 Å². The van der Waals surface area contributed by atoms with E-state index in [9.17, 15) is 9.32 Å². The van der Waals surface area contributed by atoms with E-state index >= 15 is 0 Å². The molecule has 2 N–H and O–H groups in total. The number of allylic oxidation sites excluding steroid dienone is 2. The molecule has 3 aliphatic carbocycles.